The highest BCUT2D eigenvalue weighted by Gasteiger charge is 2.46. The molecule has 1 aromatic rings. The number of rotatable bonds is 2. The second kappa shape index (κ2) is 3.89. The molecule has 2 amide bonds. The fourth-order valence-electron chi connectivity index (χ4n) is 2.55. The number of fused-ring (bicyclic) bond motifs is 1. The van der Waals surface area contributed by atoms with E-state index in [9.17, 15) is 4.79 Å². The number of urea groups is 1. The van der Waals surface area contributed by atoms with Crippen molar-refractivity contribution in [3.05, 3.63) is 5.82 Å². The summed E-state index contributed by atoms with van der Waals surface area (Å²) in [5.74, 6) is 1.42. The smallest absolute Gasteiger partial charge is 0.324 e. The van der Waals surface area contributed by atoms with Crippen LogP contribution in [0, 0.1) is 0 Å². The number of ether oxygens (including phenoxy) is 1. The van der Waals surface area contributed by atoms with Gasteiger partial charge in [-0.1, -0.05) is 0 Å². The van der Waals surface area contributed by atoms with Gasteiger partial charge in [0.15, 0.2) is 0 Å². The van der Waals surface area contributed by atoms with Crippen LogP contribution in [0.1, 0.15) is 31.0 Å². The molecule has 0 aromatic carbocycles. The largest absolute Gasteiger partial charge is 0.374 e. The Hall–Kier alpha value is -1.21. The van der Waals surface area contributed by atoms with Gasteiger partial charge in [-0.15, -0.1) is 0 Å². The Bertz CT molecular complexity index is 487. The Balaban J connectivity index is 1.39. The number of likely N-dealkylation sites (tertiary alicyclic amines) is 1. The van der Waals surface area contributed by atoms with Gasteiger partial charge in [-0.25, -0.2) is 9.78 Å². The lowest BCUT2D eigenvalue weighted by Gasteiger charge is -2.42. The van der Waals surface area contributed by atoms with Crippen LogP contribution in [0.3, 0.4) is 0 Å². The Morgan fingerprint density at radius 2 is 2.33 bits per heavy atom. The Morgan fingerprint density at radius 3 is 3.11 bits per heavy atom. The number of carbonyl (C=O) groups is 1. The molecule has 4 rings (SSSR count). The first-order valence-electron chi connectivity index (χ1n) is 6.34. The molecule has 3 aliphatic rings. The van der Waals surface area contributed by atoms with Crippen LogP contribution < -0.4 is 5.32 Å². The van der Waals surface area contributed by atoms with Crippen molar-refractivity contribution in [2.75, 3.05) is 18.5 Å². The van der Waals surface area contributed by atoms with Crippen molar-refractivity contribution < 1.29 is 9.53 Å². The number of aromatic nitrogens is 2. The molecule has 2 saturated heterocycles. The number of amides is 2. The maximum atomic E-state index is 12.0. The van der Waals surface area contributed by atoms with Gasteiger partial charge >= 0.3 is 6.03 Å². The van der Waals surface area contributed by atoms with Crippen LogP contribution in [-0.2, 0) is 4.74 Å². The quantitative estimate of drug-likeness (QED) is 0.879. The number of nitrogens with one attached hydrogen (secondary N) is 1. The van der Waals surface area contributed by atoms with Crippen molar-refractivity contribution in [3.63, 3.8) is 0 Å². The van der Waals surface area contributed by atoms with E-state index in [0.717, 1.165) is 18.9 Å². The molecule has 2 atom stereocenters. The highest BCUT2D eigenvalue weighted by Crippen LogP contribution is 2.39. The molecule has 1 aliphatic carbocycles. The number of hydrogen-bond acceptors (Lipinski definition) is 5. The molecule has 18 heavy (non-hydrogen) atoms. The second-order valence-corrected chi connectivity index (χ2v) is 5.83. The monoisotopic (exact) mass is 266 g/mol. The van der Waals surface area contributed by atoms with Crippen LogP contribution in [0.15, 0.2) is 0 Å². The molecule has 1 N–H and O–H groups in total. The van der Waals surface area contributed by atoms with E-state index < -0.39 is 0 Å². The van der Waals surface area contributed by atoms with Gasteiger partial charge in [0.2, 0.25) is 5.13 Å². The van der Waals surface area contributed by atoms with E-state index in [4.69, 9.17) is 4.74 Å². The van der Waals surface area contributed by atoms with Gasteiger partial charge in [0.1, 0.15) is 5.82 Å². The van der Waals surface area contributed by atoms with Gasteiger partial charge in [0.05, 0.1) is 18.7 Å². The third-order valence-electron chi connectivity index (χ3n) is 3.81. The summed E-state index contributed by atoms with van der Waals surface area (Å²) in [5.41, 5.74) is 0. The van der Waals surface area contributed by atoms with Crippen molar-refractivity contribution in [1.29, 1.82) is 0 Å². The Morgan fingerprint density at radius 1 is 1.44 bits per heavy atom. The average molecular weight is 266 g/mol. The molecule has 2 aliphatic heterocycles. The van der Waals surface area contributed by atoms with E-state index in [-0.39, 0.29) is 18.2 Å². The lowest BCUT2D eigenvalue weighted by Crippen LogP contribution is -2.61. The van der Waals surface area contributed by atoms with Crippen molar-refractivity contribution in [1.82, 2.24) is 14.3 Å². The number of nitrogens with zero attached hydrogens (tertiary/aromatic N) is 3. The predicted octanol–water partition coefficient (Wildman–Crippen LogP) is 1.42. The topological polar surface area (TPSA) is 67.4 Å². The van der Waals surface area contributed by atoms with Crippen molar-refractivity contribution in [2.24, 2.45) is 0 Å². The molecule has 0 spiro atoms. The summed E-state index contributed by atoms with van der Waals surface area (Å²) < 4.78 is 9.75. The fraction of sp³-hybridized carbons (Fsp3) is 0.727. The summed E-state index contributed by atoms with van der Waals surface area (Å²) in [6, 6.07) is 0.195. The van der Waals surface area contributed by atoms with Crippen LogP contribution in [-0.4, -0.2) is 45.6 Å². The first kappa shape index (κ1) is 10.7. The van der Waals surface area contributed by atoms with Crippen LogP contribution in [0.2, 0.25) is 0 Å². The highest BCUT2D eigenvalue weighted by atomic mass is 32.1. The molecule has 1 saturated carbocycles. The minimum Gasteiger partial charge on any atom is -0.374 e. The SMILES string of the molecule is O=C(Nc1nc(C2CC2)ns1)N1C[C@@H]2OCC[C@@H]21. The van der Waals surface area contributed by atoms with Crippen LogP contribution in [0.25, 0.3) is 0 Å². The summed E-state index contributed by atoms with van der Waals surface area (Å²) >= 11 is 1.27. The normalized spacial score (nSPS) is 29.9. The van der Waals surface area contributed by atoms with Gasteiger partial charge in [-0.05, 0) is 19.3 Å². The fourth-order valence-corrected chi connectivity index (χ4v) is 3.19. The van der Waals surface area contributed by atoms with E-state index in [1.165, 1.54) is 24.4 Å². The molecular formula is C11H14N4O2S. The molecule has 3 heterocycles. The van der Waals surface area contributed by atoms with E-state index in [1.807, 2.05) is 4.90 Å². The lowest BCUT2D eigenvalue weighted by molar-refractivity contribution is -0.0116. The first-order valence-corrected chi connectivity index (χ1v) is 7.11. The van der Waals surface area contributed by atoms with Gasteiger partial charge in [0.25, 0.3) is 0 Å². The number of carbonyl (C=O) groups excluding carboxylic acids is 1. The minimum atomic E-state index is -0.0692. The molecule has 0 bridgehead atoms. The second-order valence-electron chi connectivity index (χ2n) is 5.08. The van der Waals surface area contributed by atoms with Gasteiger partial charge < -0.3 is 9.64 Å². The summed E-state index contributed by atoms with van der Waals surface area (Å²) in [6.45, 7) is 1.47. The van der Waals surface area contributed by atoms with Gasteiger partial charge in [-0.2, -0.15) is 4.37 Å². The molecule has 6 nitrogen and oxygen atoms in total. The summed E-state index contributed by atoms with van der Waals surface area (Å²) in [5, 5.41) is 3.45. The van der Waals surface area contributed by atoms with E-state index in [1.54, 1.807) is 0 Å². The molecule has 3 fully saturated rings. The van der Waals surface area contributed by atoms with Crippen molar-refractivity contribution in [3.8, 4) is 0 Å². The van der Waals surface area contributed by atoms with E-state index in [0.29, 0.717) is 17.6 Å². The predicted molar refractivity (Wildman–Crippen MR) is 65.8 cm³/mol. The maximum absolute atomic E-state index is 12.0. The molecule has 7 heteroatoms. The number of hydrogen-bond donors (Lipinski definition) is 1. The van der Waals surface area contributed by atoms with Crippen molar-refractivity contribution in [2.45, 2.75) is 37.3 Å². The van der Waals surface area contributed by atoms with Crippen LogP contribution >= 0.6 is 11.5 Å². The summed E-state index contributed by atoms with van der Waals surface area (Å²) in [7, 11) is 0. The Labute approximate surface area is 109 Å². The average Bonchev–Trinajstić information content (AvgIpc) is 2.98. The molecule has 96 valence electrons. The molecule has 1 aromatic heterocycles. The zero-order chi connectivity index (χ0) is 12.1. The third-order valence-corrected chi connectivity index (χ3v) is 4.46. The summed E-state index contributed by atoms with van der Waals surface area (Å²) in [4.78, 5) is 18.2. The third kappa shape index (κ3) is 1.69. The zero-order valence-corrected chi connectivity index (χ0v) is 10.7. The minimum absolute atomic E-state index is 0.0692. The summed E-state index contributed by atoms with van der Waals surface area (Å²) in [6.07, 6.45) is 3.56. The maximum Gasteiger partial charge on any atom is 0.324 e. The van der Waals surface area contributed by atoms with E-state index >= 15 is 0 Å². The number of anilines is 1. The van der Waals surface area contributed by atoms with Crippen molar-refractivity contribution >= 4 is 22.7 Å². The van der Waals surface area contributed by atoms with Gasteiger partial charge in [-0.3, -0.25) is 5.32 Å². The molecule has 0 radical (unpaired) electrons. The zero-order valence-electron chi connectivity index (χ0n) is 9.83. The van der Waals surface area contributed by atoms with Gasteiger partial charge in [0, 0.05) is 24.1 Å². The molecular weight excluding hydrogens is 252 g/mol. The molecule has 0 unspecified atom stereocenters. The van der Waals surface area contributed by atoms with Crippen LogP contribution in [0.4, 0.5) is 9.93 Å². The first-order chi connectivity index (χ1) is 8.81. The highest BCUT2D eigenvalue weighted by molar-refractivity contribution is 7.09. The van der Waals surface area contributed by atoms with Crippen LogP contribution in [0.5, 0.6) is 0 Å². The Kier molecular flexibility index (Phi) is 2.31. The standard InChI is InChI=1S/C11H14N4O2S/c16-11(15-5-8-7(15)3-4-17-8)13-10-12-9(14-18-10)6-1-2-6/h6-8H,1-5H2,(H,12,13,14,16)/t7-,8-/m0/s1. The van der Waals surface area contributed by atoms with E-state index in [2.05, 4.69) is 14.7 Å². The lowest BCUT2D eigenvalue weighted by atomic mass is 10.00.